The lowest BCUT2D eigenvalue weighted by Crippen LogP contribution is -2.45. The van der Waals surface area contributed by atoms with Gasteiger partial charge in [0, 0.05) is 36.8 Å². The molecule has 44 heavy (non-hydrogen) atoms. The first-order valence-electron chi connectivity index (χ1n) is 14.6. The van der Waals surface area contributed by atoms with Crippen LogP contribution in [0.4, 0.5) is 5.69 Å². The van der Waals surface area contributed by atoms with Gasteiger partial charge in [0.2, 0.25) is 11.8 Å². The van der Waals surface area contributed by atoms with E-state index in [1.807, 2.05) is 6.07 Å². The number of para-hydroxylation sites is 1. The van der Waals surface area contributed by atoms with Crippen molar-refractivity contribution >= 4 is 57.6 Å². The van der Waals surface area contributed by atoms with Crippen LogP contribution in [0.3, 0.4) is 0 Å². The molecule has 2 fully saturated rings. The molecule has 0 saturated carbocycles. The van der Waals surface area contributed by atoms with E-state index in [0.29, 0.717) is 55.1 Å². The second-order valence-corrected chi connectivity index (χ2v) is 11.3. The molecule has 11 nitrogen and oxygen atoms in total. The van der Waals surface area contributed by atoms with Gasteiger partial charge in [-0.25, -0.2) is 4.79 Å². The number of fused-ring (bicyclic) bond motifs is 1. The van der Waals surface area contributed by atoms with Gasteiger partial charge in [0.05, 0.1) is 41.5 Å². The lowest BCUT2D eigenvalue weighted by Gasteiger charge is -2.26. The molecule has 1 aromatic heterocycles. The number of hydrogen-bond acceptors (Lipinski definition) is 7. The Morgan fingerprint density at radius 1 is 1.09 bits per heavy atom. The molecule has 3 heterocycles. The molecular weight excluding hydrogens is 584 g/mol. The minimum Gasteiger partial charge on any atom is -0.465 e. The number of rotatable bonds is 8. The first kappa shape index (κ1) is 30.8. The van der Waals surface area contributed by atoms with Crippen LogP contribution in [0.25, 0.3) is 10.9 Å². The molecule has 2 aliphatic rings. The molecule has 2 amide bonds. The molecule has 2 saturated heterocycles. The van der Waals surface area contributed by atoms with Gasteiger partial charge in [-0.05, 0) is 50.3 Å². The summed E-state index contributed by atoms with van der Waals surface area (Å²) in [5.41, 5.74) is 1.60. The largest absolute Gasteiger partial charge is 0.465 e. The molecule has 5 rings (SSSR count). The van der Waals surface area contributed by atoms with E-state index < -0.39 is 23.7 Å². The van der Waals surface area contributed by atoms with Crippen molar-refractivity contribution in [1.82, 2.24) is 14.8 Å². The van der Waals surface area contributed by atoms with Crippen LogP contribution in [0.2, 0.25) is 5.02 Å². The van der Waals surface area contributed by atoms with Crippen LogP contribution in [-0.2, 0) is 14.3 Å². The maximum absolute atomic E-state index is 13.8. The quantitative estimate of drug-likeness (QED) is 0.164. The highest BCUT2D eigenvalue weighted by Gasteiger charge is 2.33. The zero-order chi connectivity index (χ0) is 31.2. The highest BCUT2D eigenvalue weighted by Crippen LogP contribution is 2.29. The summed E-state index contributed by atoms with van der Waals surface area (Å²) in [7, 11) is 1.26. The van der Waals surface area contributed by atoms with Crippen LogP contribution >= 0.6 is 11.6 Å². The summed E-state index contributed by atoms with van der Waals surface area (Å²) in [4.78, 5) is 63.5. The first-order chi connectivity index (χ1) is 21.3. The number of likely N-dealkylation sites (tertiary alicyclic amines) is 2. The van der Waals surface area contributed by atoms with Crippen LogP contribution < -0.4 is 5.32 Å². The predicted octanol–water partition coefficient (Wildman–Crippen LogP) is 4.44. The van der Waals surface area contributed by atoms with E-state index >= 15 is 0 Å². The number of ketones is 1. The summed E-state index contributed by atoms with van der Waals surface area (Å²) in [6.07, 6.45) is 5.33. The molecule has 0 aliphatic carbocycles. The fourth-order valence-corrected chi connectivity index (χ4v) is 5.81. The van der Waals surface area contributed by atoms with E-state index in [2.05, 4.69) is 16.4 Å². The number of anilines is 1. The molecule has 0 spiro atoms. The molecule has 2 aliphatic heterocycles. The number of amidine groups is 1. The monoisotopic (exact) mass is 616 g/mol. The van der Waals surface area contributed by atoms with Gasteiger partial charge in [-0.1, -0.05) is 35.9 Å². The third-order valence-corrected chi connectivity index (χ3v) is 8.33. The van der Waals surface area contributed by atoms with Crippen molar-refractivity contribution in [2.24, 2.45) is 10.9 Å². The Hall–Kier alpha value is -4.69. The van der Waals surface area contributed by atoms with E-state index in [1.54, 1.807) is 28.1 Å². The number of amides is 2. The van der Waals surface area contributed by atoms with E-state index in [4.69, 9.17) is 21.3 Å². The maximum atomic E-state index is 13.8. The second-order valence-electron chi connectivity index (χ2n) is 10.9. The summed E-state index contributed by atoms with van der Waals surface area (Å²) in [5.74, 6) is -2.93. The highest BCUT2D eigenvalue weighted by molar-refractivity contribution is 6.36. The van der Waals surface area contributed by atoms with Gasteiger partial charge in [-0.15, -0.1) is 0 Å². The van der Waals surface area contributed by atoms with Crippen LogP contribution in [0.5, 0.6) is 0 Å². The number of benzene rings is 2. The minimum atomic E-state index is -1.41. The van der Waals surface area contributed by atoms with Crippen molar-refractivity contribution in [2.45, 2.75) is 38.1 Å². The van der Waals surface area contributed by atoms with Crippen molar-refractivity contribution in [1.29, 1.82) is 5.26 Å². The number of aliphatic imine (C=N–C) groups is 1. The van der Waals surface area contributed by atoms with Crippen LogP contribution in [-0.4, -0.2) is 83.5 Å². The van der Waals surface area contributed by atoms with Crippen molar-refractivity contribution in [3.05, 3.63) is 64.8 Å². The summed E-state index contributed by atoms with van der Waals surface area (Å²) in [6.45, 7) is 1.79. The number of esters is 1. The smallest absolute Gasteiger partial charge is 0.337 e. The number of H-pyrrole nitrogens is 1. The van der Waals surface area contributed by atoms with Crippen LogP contribution in [0.15, 0.2) is 53.7 Å². The number of nitrogens with zero attached hydrogens (tertiary/aromatic N) is 4. The third-order valence-electron chi connectivity index (χ3n) is 8.02. The van der Waals surface area contributed by atoms with E-state index in [0.717, 1.165) is 18.2 Å². The Kier molecular flexibility index (Phi) is 9.60. The van der Waals surface area contributed by atoms with Gasteiger partial charge in [0.25, 0.3) is 0 Å². The molecular formula is C32H33ClN6O5. The number of hydrogen-bond donors (Lipinski definition) is 2. The predicted molar refractivity (Wildman–Crippen MR) is 166 cm³/mol. The molecule has 1 unspecified atom stereocenters. The van der Waals surface area contributed by atoms with Crippen molar-refractivity contribution in [3.8, 4) is 6.07 Å². The van der Waals surface area contributed by atoms with Gasteiger partial charge in [-0.3, -0.25) is 19.4 Å². The summed E-state index contributed by atoms with van der Waals surface area (Å²) < 4.78 is 4.74. The number of methoxy groups -OCH3 is 1. The van der Waals surface area contributed by atoms with E-state index in [-0.39, 0.29) is 35.3 Å². The number of carbonyl (C=O) groups is 4. The number of ether oxygens (including phenoxy) is 1. The minimum absolute atomic E-state index is 0.00108. The molecule has 2 atom stereocenters. The molecule has 12 heteroatoms. The van der Waals surface area contributed by atoms with Gasteiger partial charge in [-0.2, -0.15) is 5.26 Å². The Morgan fingerprint density at radius 3 is 2.50 bits per heavy atom. The number of nitriles is 1. The summed E-state index contributed by atoms with van der Waals surface area (Å²) in [6, 6.07) is 12.3. The Balaban J connectivity index is 1.49. The number of carbonyl (C=O) groups excluding carboxylic acids is 4. The second kappa shape index (κ2) is 13.7. The van der Waals surface area contributed by atoms with Crippen molar-refractivity contribution in [2.75, 3.05) is 38.6 Å². The normalized spacial score (nSPS) is 18.1. The Morgan fingerprint density at radius 2 is 1.80 bits per heavy atom. The highest BCUT2D eigenvalue weighted by atomic mass is 35.5. The molecule has 0 bridgehead atoms. The van der Waals surface area contributed by atoms with Gasteiger partial charge >= 0.3 is 5.97 Å². The standard InChI is InChI=1S/C32H33ClN6O5/c1-44-32(43)21-12-10-20(11-13-21)29(41)23(17-34)30(36-25-9-6-7-22-24(33)18-35-28(22)25)37-26-8-2-3-16-39(31(26)42)19-27(40)38-14-4-5-15-38/h6-7,9-13,18,23,26,35H,2-5,8,14-16,19H2,1H3,(H,36,37)/t23?,26-/m0/s1. The summed E-state index contributed by atoms with van der Waals surface area (Å²) in [5, 5.41) is 14.7. The van der Waals surface area contributed by atoms with Crippen molar-refractivity contribution < 1.29 is 23.9 Å². The SMILES string of the molecule is COC(=O)c1ccc(C(=O)C(C#N)C(=N[C@H]2CCCCN(CC(=O)N3CCCC3)C2=O)Nc2cccc3c(Cl)c[nH]c23)cc1. The lowest BCUT2D eigenvalue weighted by molar-refractivity contribution is -0.140. The molecule has 228 valence electrons. The molecule has 2 N–H and O–H groups in total. The van der Waals surface area contributed by atoms with Gasteiger partial charge < -0.3 is 24.8 Å². The average Bonchev–Trinajstić information content (AvgIpc) is 3.69. The Bertz CT molecular complexity index is 1640. The zero-order valence-electron chi connectivity index (χ0n) is 24.3. The maximum Gasteiger partial charge on any atom is 0.337 e. The van der Waals surface area contributed by atoms with Gasteiger partial charge in [0.15, 0.2) is 11.7 Å². The molecule has 3 aromatic rings. The summed E-state index contributed by atoms with van der Waals surface area (Å²) >= 11 is 6.33. The number of nitrogens with one attached hydrogen (secondary N) is 2. The van der Waals surface area contributed by atoms with Crippen LogP contribution in [0.1, 0.15) is 52.8 Å². The number of Topliss-reactive ketones (excluding diaryl/α,β-unsaturated/α-hetero) is 1. The molecule has 2 aromatic carbocycles. The average molecular weight is 617 g/mol. The molecule has 0 radical (unpaired) electrons. The Labute approximate surface area is 259 Å². The van der Waals surface area contributed by atoms with E-state index in [9.17, 15) is 24.4 Å². The van der Waals surface area contributed by atoms with E-state index in [1.165, 1.54) is 31.4 Å². The zero-order valence-corrected chi connectivity index (χ0v) is 25.1. The number of aromatic amines is 1. The number of aromatic nitrogens is 1. The third kappa shape index (κ3) is 6.60. The van der Waals surface area contributed by atoms with Gasteiger partial charge in [0.1, 0.15) is 11.9 Å². The fourth-order valence-electron chi connectivity index (χ4n) is 5.60. The fraction of sp³-hybridized carbons (Fsp3) is 0.375. The topological polar surface area (TPSA) is 148 Å². The lowest BCUT2D eigenvalue weighted by atomic mass is 9.96. The first-order valence-corrected chi connectivity index (χ1v) is 15.0. The number of halogens is 1. The van der Waals surface area contributed by atoms with Crippen LogP contribution in [0, 0.1) is 17.2 Å². The van der Waals surface area contributed by atoms with Crippen molar-refractivity contribution in [3.63, 3.8) is 0 Å².